The Hall–Kier alpha value is -1.75. The smallest absolute Gasteiger partial charge is 0.362 e. The van der Waals surface area contributed by atoms with Gasteiger partial charge in [-0.05, 0) is 0 Å². The first kappa shape index (κ1) is 24.5. The van der Waals surface area contributed by atoms with Gasteiger partial charge in [-0.2, -0.15) is 48.3 Å². The van der Waals surface area contributed by atoms with Gasteiger partial charge in [0.25, 0.3) is 5.60 Å². The Bertz CT molecular complexity index is 797. The molecule has 2 aliphatic rings. The molecule has 2 fully saturated rings. The zero-order chi connectivity index (χ0) is 24.2. The van der Waals surface area contributed by atoms with Crippen LogP contribution in [0.1, 0.15) is 0 Å². The second kappa shape index (κ2) is 5.53. The highest BCUT2D eigenvalue weighted by Crippen LogP contribution is 2.78. The van der Waals surface area contributed by atoms with Crippen LogP contribution in [0.2, 0.25) is 0 Å². The van der Waals surface area contributed by atoms with Crippen LogP contribution in [0, 0.1) is 0 Å². The van der Waals surface area contributed by atoms with Gasteiger partial charge in [0.2, 0.25) is 5.60 Å². The third kappa shape index (κ3) is 1.73. The lowest BCUT2D eigenvalue weighted by molar-refractivity contribution is -0.583. The van der Waals surface area contributed by atoms with Crippen LogP contribution < -0.4 is 0 Å². The molecule has 2 saturated carbocycles. The van der Waals surface area contributed by atoms with Gasteiger partial charge in [0.05, 0.1) is 0 Å². The highest BCUT2D eigenvalue weighted by Gasteiger charge is 3.13. The van der Waals surface area contributed by atoms with E-state index in [-0.39, 0.29) is 0 Å². The highest BCUT2D eigenvalue weighted by atomic mass is 19.3. The lowest BCUT2D eigenvalue weighted by Crippen LogP contribution is -3.02. The van der Waals surface area contributed by atoms with E-state index in [1.807, 2.05) is 0 Å². The van der Waals surface area contributed by atoms with Crippen molar-refractivity contribution < 1.29 is 77.5 Å². The zero-order valence-corrected chi connectivity index (χ0v) is 13.7. The van der Waals surface area contributed by atoms with Gasteiger partial charge in [-0.25, -0.2) is 9.18 Å². The van der Waals surface area contributed by atoms with E-state index < -0.39 is 71.0 Å². The lowest BCUT2D eigenvalue weighted by atomic mass is 9.50. The van der Waals surface area contributed by atoms with E-state index in [4.69, 9.17) is 5.11 Å². The SMILES string of the molecule is C=CC(=O)OC12C(F)(F)C(O)(F)C(F)(F)C(O)(C(F)(F)C(O)(CF)C1(F)F)C2(F)F. The topological polar surface area (TPSA) is 87.0 Å². The molecule has 0 saturated heterocycles. The maximum absolute atomic E-state index is 14.7. The van der Waals surface area contributed by atoms with Crippen molar-refractivity contribution in [2.24, 2.45) is 0 Å². The molecule has 0 heterocycles. The third-order valence-corrected chi connectivity index (χ3v) is 5.17. The van der Waals surface area contributed by atoms with E-state index in [1.54, 1.807) is 0 Å². The predicted octanol–water partition coefficient (Wildman–Crippen LogP) is 1.75. The quantitative estimate of drug-likeness (QED) is 0.331. The number of rotatable bonds is 3. The molecular weight excluding hydrogens is 464 g/mol. The van der Waals surface area contributed by atoms with E-state index in [9.17, 15) is 67.7 Å². The lowest BCUT2D eigenvalue weighted by Gasteiger charge is -2.68. The predicted molar refractivity (Wildman–Crippen MR) is 65.7 cm³/mol. The number of halogens is 12. The molecule has 2 rings (SSSR count). The molecule has 0 aliphatic heterocycles. The van der Waals surface area contributed by atoms with Gasteiger partial charge >= 0.3 is 47.0 Å². The Morgan fingerprint density at radius 1 is 0.767 bits per heavy atom. The Kier molecular flexibility index (Phi) is 4.52. The van der Waals surface area contributed by atoms with Gasteiger partial charge in [0, 0.05) is 6.08 Å². The molecule has 0 amide bonds. The fourth-order valence-electron chi connectivity index (χ4n) is 3.45. The van der Waals surface area contributed by atoms with Crippen LogP contribution in [0.25, 0.3) is 0 Å². The Morgan fingerprint density at radius 3 is 1.57 bits per heavy atom. The summed E-state index contributed by atoms with van der Waals surface area (Å²) in [7, 11) is 0. The van der Waals surface area contributed by atoms with E-state index >= 15 is 0 Å². The van der Waals surface area contributed by atoms with Crippen molar-refractivity contribution in [3.05, 3.63) is 12.7 Å². The van der Waals surface area contributed by atoms with Crippen molar-refractivity contribution in [3.8, 4) is 0 Å². The van der Waals surface area contributed by atoms with E-state index in [0.717, 1.165) is 0 Å². The fraction of sp³-hybridized carbons (Fsp3) is 0.769. The second-order valence-corrected chi connectivity index (χ2v) is 6.50. The number of aliphatic hydroxyl groups is 3. The summed E-state index contributed by atoms with van der Waals surface area (Å²) in [5.41, 5.74) is -20.6. The van der Waals surface area contributed by atoms with Crippen molar-refractivity contribution >= 4 is 5.97 Å². The summed E-state index contributed by atoms with van der Waals surface area (Å²) in [4.78, 5) is 11.2. The molecule has 0 aromatic carbocycles. The summed E-state index contributed by atoms with van der Waals surface area (Å²) in [6, 6.07) is 0. The first-order chi connectivity index (χ1) is 13.0. The average Bonchev–Trinajstić information content (AvgIpc) is 2.60. The number of hydrogen-bond donors (Lipinski definition) is 3. The molecule has 4 unspecified atom stereocenters. The van der Waals surface area contributed by atoms with E-state index in [1.165, 1.54) is 0 Å². The second-order valence-electron chi connectivity index (χ2n) is 6.50. The molecule has 0 radical (unpaired) electrons. The summed E-state index contributed by atoms with van der Waals surface area (Å²) in [6.45, 7) is -1.40. The molecule has 5 nitrogen and oxygen atoms in total. The number of ether oxygens (including phenoxy) is 1. The maximum atomic E-state index is 14.7. The number of fused-ring (bicyclic) bond motifs is 2. The first-order valence-corrected chi connectivity index (χ1v) is 7.18. The number of carbonyl (C=O) groups is 1. The molecule has 0 aromatic rings. The van der Waals surface area contributed by atoms with Crippen molar-refractivity contribution in [1.29, 1.82) is 0 Å². The third-order valence-electron chi connectivity index (χ3n) is 5.17. The fourth-order valence-corrected chi connectivity index (χ4v) is 3.45. The van der Waals surface area contributed by atoms with Gasteiger partial charge in [-0.3, -0.25) is 0 Å². The van der Waals surface area contributed by atoms with Crippen LogP contribution in [0.15, 0.2) is 12.7 Å². The average molecular weight is 472 g/mol. The van der Waals surface area contributed by atoms with Crippen LogP contribution in [-0.4, -0.2) is 80.2 Å². The molecule has 2 aliphatic carbocycles. The molecule has 2 bridgehead atoms. The summed E-state index contributed by atoms with van der Waals surface area (Å²) in [5.74, 6) is -47.0. The molecule has 4 atom stereocenters. The van der Waals surface area contributed by atoms with Crippen LogP contribution in [0.3, 0.4) is 0 Å². The number of esters is 1. The normalized spacial score (nSPS) is 44.8. The maximum Gasteiger partial charge on any atom is 0.362 e. The van der Waals surface area contributed by atoms with Crippen molar-refractivity contribution in [2.45, 2.75) is 52.3 Å². The van der Waals surface area contributed by atoms with E-state index in [0.29, 0.717) is 0 Å². The standard InChI is InChI=1S/C13H8F12O5/c1-2-4(26)30-7-9(17,18)5(27,3-14)8(15,16)6(28,10(7,19)20)11(21,22)13(25,29)12(7,23)24/h2,27-29H,1,3H2. The van der Waals surface area contributed by atoms with Crippen molar-refractivity contribution in [2.75, 3.05) is 6.67 Å². The molecule has 3 N–H and O–H groups in total. The summed E-state index contributed by atoms with van der Waals surface area (Å²) < 4.78 is 174. The van der Waals surface area contributed by atoms with Crippen LogP contribution >= 0.6 is 0 Å². The Labute approximate surface area is 156 Å². The Balaban J connectivity index is 3.28. The number of alkyl halides is 12. The minimum absolute atomic E-state index is 0.485. The molecule has 30 heavy (non-hydrogen) atoms. The van der Waals surface area contributed by atoms with Gasteiger partial charge in [-0.15, -0.1) is 0 Å². The van der Waals surface area contributed by atoms with Crippen LogP contribution in [0.5, 0.6) is 0 Å². The van der Waals surface area contributed by atoms with E-state index in [2.05, 4.69) is 11.3 Å². The van der Waals surface area contributed by atoms with Crippen molar-refractivity contribution in [3.63, 3.8) is 0 Å². The van der Waals surface area contributed by atoms with Gasteiger partial charge in [0.15, 0.2) is 0 Å². The van der Waals surface area contributed by atoms with Crippen LogP contribution in [-0.2, 0) is 9.53 Å². The largest absolute Gasteiger partial charge is 0.436 e. The Morgan fingerprint density at radius 2 is 1.20 bits per heavy atom. The molecule has 174 valence electrons. The summed E-state index contributed by atoms with van der Waals surface area (Å²) in [5, 5.41) is 27.7. The van der Waals surface area contributed by atoms with Crippen LogP contribution in [0.4, 0.5) is 52.7 Å². The molecule has 0 spiro atoms. The van der Waals surface area contributed by atoms with Crippen molar-refractivity contribution in [1.82, 2.24) is 0 Å². The summed E-state index contributed by atoms with van der Waals surface area (Å²) >= 11 is 0. The monoisotopic (exact) mass is 472 g/mol. The molecule has 17 heteroatoms. The van der Waals surface area contributed by atoms with Gasteiger partial charge < -0.3 is 20.1 Å². The minimum Gasteiger partial charge on any atom is -0.436 e. The number of carbonyl (C=O) groups excluding carboxylic acids is 1. The summed E-state index contributed by atoms with van der Waals surface area (Å²) in [6.07, 6.45) is -0.485. The molecule has 0 aromatic heterocycles. The minimum atomic E-state index is -7.49. The highest BCUT2D eigenvalue weighted by molar-refractivity contribution is 5.82. The number of hydrogen-bond acceptors (Lipinski definition) is 5. The van der Waals surface area contributed by atoms with Gasteiger partial charge in [0.1, 0.15) is 6.67 Å². The first-order valence-electron chi connectivity index (χ1n) is 7.18. The van der Waals surface area contributed by atoms with Gasteiger partial charge in [-0.1, -0.05) is 6.58 Å². The zero-order valence-electron chi connectivity index (χ0n) is 13.7. The molecular formula is C13H8F12O5.